The standard InChI is InChI=1S/C23H21N3O2S3/c1-15-7-9-17(10-8-15)13-30-14-20(27)25-26-22(28)19-12-18(31-21(19)24-23(26)29)11-16-5-3-2-4-6-16/h2-10,12H,11,13-14H2,1H3,(H,24,29)(H,25,27). The van der Waals surface area contributed by atoms with Gasteiger partial charge < -0.3 is 4.98 Å². The number of benzene rings is 2. The summed E-state index contributed by atoms with van der Waals surface area (Å²) in [5.74, 6) is 0.690. The second-order valence-corrected chi connectivity index (χ2v) is 9.71. The van der Waals surface area contributed by atoms with Crippen LogP contribution in [0.5, 0.6) is 0 Å². The Bertz CT molecular complexity index is 1320. The molecular weight excluding hydrogens is 446 g/mol. The predicted octanol–water partition coefficient (Wildman–Crippen LogP) is 5.02. The van der Waals surface area contributed by atoms with E-state index in [1.54, 1.807) is 0 Å². The Morgan fingerprint density at radius 2 is 1.87 bits per heavy atom. The Morgan fingerprint density at radius 1 is 1.13 bits per heavy atom. The molecular formula is C23H21N3O2S3. The number of rotatable bonds is 7. The molecule has 0 fully saturated rings. The Hall–Kier alpha value is -2.68. The average Bonchev–Trinajstić information content (AvgIpc) is 3.15. The molecule has 31 heavy (non-hydrogen) atoms. The van der Waals surface area contributed by atoms with Gasteiger partial charge in [0.1, 0.15) is 4.83 Å². The fourth-order valence-electron chi connectivity index (χ4n) is 3.15. The maximum Gasteiger partial charge on any atom is 0.282 e. The quantitative estimate of drug-likeness (QED) is 0.375. The van der Waals surface area contributed by atoms with Crippen molar-refractivity contribution in [2.24, 2.45) is 0 Å². The first kappa shape index (κ1) is 21.5. The summed E-state index contributed by atoms with van der Waals surface area (Å²) >= 11 is 8.32. The number of aromatic amines is 1. The van der Waals surface area contributed by atoms with Crippen molar-refractivity contribution in [3.05, 3.63) is 97.4 Å². The smallest absolute Gasteiger partial charge is 0.282 e. The van der Waals surface area contributed by atoms with E-state index in [1.165, 1.54) is 34.2 Å². The van der Waals surface area contributed by atoms with Crippen LogP contribution in [0.1, 0.15) is 21.6 Å². The minimum atomic E-state index is -0.314. The van der Waals surface area contributed by atoms with Gasteiger partial charge in [-0.05, 0) is 36.3 Å². The molecule has 5 nitrogen and oxygen atoms in total. The van der Waals surface area contributed by atoms with Crippen LogP contribution < -0.4 is 11.0 Å². The van der Waals surface area contributed by atoms with Gasteiger partial charge in [-0.1, -0.05) is 60.2 Å². The highest BCUT2D eigenvalue weighted by atomic mass is 32.2. The molecule has 2 aromatic heterocycles. The topological polar surface area (TPSA) is 66.9 Å². The molecule has 2 N–H and O–H groups in total. The summed E-state index contributed by atoms with van der Waals surface area (Å²) in [5, 5.41) is 0.525. The lowest BCUT2D eigenvalue weighted by Crippen LogP contribution is -2.35. The van der Waals surface area contributed by atoms with Crippen LogP contribution in [0.3, 0.4) is 0 Å². The minimum absolute atomic E-state index is 0.183. The van der Waals surface area contributed by atoms with Crippen LogP contribution in [-0.2, 0) is 17.0 Å². The van der Waals surface area contributed by atoms with Crippen LogP contribution in [0.25, 0.3) is 10.2 Å². The molecule has 0 atom stereocenters. The minimum Gasteiger partial charge on any atom is -0.322 e. The zero-order valence-corrected chi connectivity index (χ0v) is 19.3. The number of H-pyrrole nitrogens is 1. The van der Waals surface area contributed by atoms with E-state index in [-0.39, 0.29) is 22.0 Å². The lowest BCUT2D eigenvalue weighted by molar-refractivity contribution is -0.114. The first-order valence-corrected chi connectivity index (χ1v) is 12.1. The molecule has 0 aliphatic carbocycles. The molecule has 0 spiro atoms. The van der Waals surface area contributed by atoms with Gasteiger partial charge in [0.05, 0.1) is 11.1 Å². The molecule has 8 heteroatoms. The molecule has 0 aliphatic rings. The Balaban J connectivity index is 1.45. The van der Waals surface area contributed by atoms with E-state index >= 15 is 0 Å². The number of aromatic nitrogens is 2. The van der Waals surface area contributed by atoms with E-state index < -0.39 is 0 Å². The highest BCUT2D eigenvalue weighted by Crippen LogP contribution is 2.23. The number of aryl methyl sites for hydroxylation is 1. The summed E-state index contributed by atoms with van der Waals surface area (Å²) in [7, 11) is 0. The average molecular weight is 468 g/mol. The van der Waals surface area contributed by atoms with E-state index in [2.05, 4.69) is 46.8 Å². The van der Waals surface area contributed by atoms with Crippen LogP contribution in [-0.4, -0.2) is 21.3 Å². The number of hydrogen-bond donors (Lipinski definition) is 2. The summed E-state index contributed by atoms with van der Waals surface area (Å²) in [6, 6.07) is 20.2. The van der Waals surface area contributed by atoms with Gasteiger partial charge in [0.25, 0.3) is 5.56 Å². The van der Waals surface area contributed by atoms with E-state index in [9.17, 15) is 9.59 Å². The van der Waals surface area contributed by atoms with E-state index in [4.69, 9.17) is 12.2 Å². The van der Waals surface area contributed by atoms with Crippen LogP contribution >= 0.6 is 35.3 Å². The van der Waals surface area contributed by atoms with E-state index in [0.29, 0.717) is 5.39 Å². The van der Waals surface area contributed by atoms with Crippen molar-refractivity contribution in [3.63, 3.8) is 0 Å². The number of carbonyl (C=O) groups is 1. The normalized spacial score (nSPS) is 11.0. The molecule has 2 heterocycles. The summed E-state index contributed by atoms with van der Waals surface area (Å²) < 4.78 is 1.31. The maximum atomic E-state index is 12.9. The number of thioether (sulfide) groups is 1. The van der Waals surface area contributed by atoms with Gasteiger partial charge in [-0.2, -0.15) is 4.68 Å². The number of carbonyl (C=O) groups excluding carboxylic acids is 1. The third kappa shape index (κ3) is 5.33. The largest absolute Gasteiger partial charge is 0.322 e. The molecule has 0 aliphatic heterocycles. The Labute approximate surface area is 193 Å². The van der Waals surface area contributed by atoms with Crippen LogP contribution in [0.4, 0.5) is 0 Å². The summed E-state index contributed by atoms with van der Waals surface area (Å²) in [6.45, 7) is 2.04. The molecule has 0 unspecified atom stereocenters. The van der Waals surface area contributed by atoms with Crippen molar-refractivity contribution >= 4 is 51.4 Å². The lowest BCUT2D eigenvalue weighted by Gasteiger charge is -2.08. The summed E-state index contributed by atoms with van der Waals surface area (Å²) in [4.78, 5) is 30.2. The number of hydrogen-bond acceptors (Lipinski definition) is 5. The van der Waals surface area contributed by atoms with Gasteiger partial charge in [-0.3, -0.25) is 15.0 Å². The first-order valence-electron chi connectivity index (χ1n) is 9.74. The zero-order chi connectivity index (χ0) is 21.8. The van der Waals surface area contributed by atoms with Crippen LogP contribution in [0.15, 0.2) is 65.5 Å². The van der Waals surface area contributed by atoms with Gasteiger partial charge in [-0.15, -0.1) is 23.1 Å². The molecule has 0 saturated carbocycles. The van der Waals surface area contributed by atoms with Gasteiger partial charge in [0, 0.05) is 17.1 Å². The SMILES string of the molecule is Cc1ccc(CSCC(=O)Nn2c(=S)[nH]c3sc(Cc4ccccc4)cc3c2=O)cc1. The molecule has 0 saturated heterocycles. The molecule has 158 valence electrons. The number of fused-ring (bicyclic) bond motifs is 1. The van der Waals surface area contributed by atoms with Crippen LogP contribution in [0, 0.1) is 11.7 Å². The number of amides is 1. The van der Waals surface area contributed by atoms with Crippen molar-refractivity contribution in [2.75, 3.05) is 11.2 Å². The molecule has 2 aromatic carbocycles. The predicted molar refractivity (Wildman–Crippen MR) is 132 cm³/mol. The fraction of sp³-hybridized carbons (Fsp3) is 0.174. The van der Waals surface area contributed by atoms with Crippen molar-refractivity contribution in [3.8, 4) is 0 Å². The molecule has 4 rings (SSSR count). The fourth-order valence-corrected chi connectivity index (χ4v) is 5.31. The van der Waals surface area contributed by atoms with E-state index in [0.717, 1.165) is 32.1 Å². The van der Waals surface area contributed by atoms with Gasteiger partial charge in [0.15, 0.2) is 0 Å². The summed E-state index contributed by atoms with van der Waals surface area (Å²) in [6.07, 6.45) is 0.738. The number of nitrogens with one attached hydrogen (secondary N) is 2. The van der Waals surface area contributed by atoms with E-state index in [1.807, 2.05) is 31.2 Å². The molecule has 0 radical (unpaired) electrons. The first-order chi connectivity index (χ1) is 15.0. The highest BCUT2D eigenvalue weighted by Gasteiger charge is 2.12. The monoisotopic (exact) mass is 467 g/mol. The van der Waals surface area contributed by atoms with Crippen molar-refractivity contribution in [1.29, 1.82) is 0 Å². The maximum absolute atomic E-state index is 12.9. The third-order valence-electron chi connectivity index (χ3n) is 4.72. The van der Waals surface area contributed by atoms with Crippen molar-refractivity contribution < 1.29 is 4.79 Å². The van der Waals surface area contributed by atoms with Crippen LogP contribution in [0.2, 0.25) is 0 Å². The molecule has 0 bridgehead atoms. The number of thiophene rings is 1. The van der Waals surface area contributed by atoms with Crippen molar-refractivity contribution in [2.45, 2.75) is 19.1 Å². The zero-order valence-electron chi connectivity index (χ0n) is 16.9. The number of nitrogens with zero attached hydrogens (tertiary/aromatic N) is 1. The highest BCUT2D eigenvalue weighted by molar-refractivity contribution is 7.99. The summed E-state index contributed by atoms with van der Waals surface area (Å²) in [5.41, 5.74) is 5.86. The lowest BCUT2D eigenvalue weighted by atomic mass is 10.1. The third-order valence-corrected chi connectivity index (χ3v) is 7.06. The van der Waals surface area contributed by atoms with Crippen molar-refractivity contribution in [1.82, 2.24) is 9.66 Å². The van der Waals surface area contributed by atoms with Gasteiger partial charge in [0.2, 0.25) is 10.7 Å². The molecule has 1 amide bonds. The second-order valence-electron chi connectivity index (χ2n) is 7.20. The molecule has 4 aromatic rings. The van der Waals surface area contributed by atoms with Gasteiger partial charge >= 0.3 is 0 Å². The second kappa shape index (κ2) is 9.64. The Kier molecular flexibility index (Phi) is 6.70. The Morgan fingerprint density at radius 3 is 2.61 bits per heavy atom. The van der Waals surface area contributed by atoms with Gasteiger partial charge in [-0.25, -0.2) is 0 Å².